The topological polar surface area (TPSA) is 49.9 Å². The van der Waals surface area contributed by atoms with Gasteiger partial charge in [0.15, 0.2) is 0 Å². The predicted molar refractivity (Wildman–Crippen MR) is 163 cm³/mol. The lowest BCUT2D eigenvalue weighted by molar-refractivity contribution is 0.493. The Morgan fingerprint density at radius 3 is 1.21 bits per heavy atom. The monoisotopic (exact) mass is 552 g/mol. The minimum absolute atomic E-state index is 0.274. The number of hydrogen-bond donors (Lipinski definition) is 0. The zero-order chi connectivity index (χ0) is 27.2. The summed E-state index contributed by atoms with van der Waals surface area (Å²) >= 11 is 1.72. The van der Waals surface area contributed by atoms with E-state index in [1.54, 1.807) is 23.9 Å². The lowest BCUT2D eigenvalue weighted by Gasteiger charge is -2.28. The Morgan fingerprint density at radius 1 is 0.513 bits per heavy atom. The third-order valence-electron chi connectivity index (χ3n) is 6.07. The van der Waals surface area contributed by atoms with Crippen molar-refractivity contribution < 1.29 is 12.6 Å². The van der Waals surface area contributed by atoms with E-state index in [0.717, 1.165) is 40.4 Å². The lowest BCUT2D eigenvalue weighted by atomic mass is 10.1. The van der Waals surface area contributed by atoms with Crippen molar-refractivity contribution in [2.45, 2.75) is 4.90 Å². The summed E-state index contributed by atoms with van der Waals surface area (Å²) < 4.78 is 28.1. The summed E-state index contributed by atoms with van der Waals surface area (Å²) in [6.07, 6.45) is 3.11. The number of para-hydroxylation sites is 2. The van der Waals surface area contributed by atoms with Crippen molar-refractivity contribution in [1.82, 2.24) is 0 Å². The lowest BCUT2D eigenvalue weighted by Crippen LogP contribution is -2.12. The Kier molecular flexibility index (Phi) is 7.91. The maximum Gasteiger partial charge on any atom is 0.306 e. The normalized spacial score (nSPS) is 11.1. The van der Waals surface area contributed by atoms with Crippen LogP contribution in [0.2, 0.25) is 0 Å². The third kappa shape index (κ3) is 6.45. The van der Waals surface area contributed by atoms with E-state index in [4.69, 9.17) is 4.18 Å². The number of hydrogen-bond acceptors (Lipinski definition) is 6. The van der Waals surface area contributed by atoms with Crippen LogP contribution in [0.3, 0.4) is 0 Å². The average Bonchev–Trinajstić information content (AvgIpc) is 2.96. The Bertz CT molecular complexity index is 1610. The highest BCUT2D eigenvalue weighted by Crippen LogP contribution is 2.39. The van der Waals surface area contributed by atoms with Crippen molar-refractivity contribution in [2.75, 3.05) is 22.3 Å². The van der Waals surface area contributed by atoms with Crippen LogP contribution in [-0.2, 0) is 10.1 Å². The molecule has 0 aliphatic heterocycles. The molecule has 0 aliphatic carbocycles. The first-order chi connectivity index (χ1) is 18.9. The van der Waals surface area contributed by atoms with Crippen LogP contribution in [0.15, 0.2) is 138 Å². The first-order valence-electron chi connectivity index (χ1n) is 12.4. The fourth-order valence-electron chi connectivity index (χ4n) is 4.36. The van der Waals surface area contributed by atoms with Gasteiger partial charge in [-0.3, -0.25) is 0 Å². The van der Waals surface area contributed by atoms with Gasteiger partial charge in [-0.15, -0.1) is 11.8 Å². The number of thioether (sulfide) groups is 1. The molecule has 5 rings (SSSR count). The Morgan fingerprint density at radius 2 is 0.846 bits per heavy atom. The molecule has 0 fully saturated rings. The molecule has 0 amide bonds. The van der Waals surface area contributed by atoms with Gasteiger partial charge >= 0.3 is 10.1 Å². The van der Waals surface area contributed by atoms with Gasteiger partial charge in [-0.2, -0.15) is 8.42 Å². The van der Waals surface area contributed by atoms with Crippen LogP contribution in [0.1, 0.15) is 0 Å². The van der Waals surface area contributed by atoms with Gasteiger partial charge in [0.1, 0.15) is 5.75 Å². The molecule has 0 spiro atoms. The molecule has 0 saturated carbocycles. The fourth-order valence-corrected chi connectivity index (χ4v) is 5.23. The van der Waals surface area contributed by atoms with Crippen LogP contribution < -0.4 is 14.0 Å². The molecule has 0 bridgehead atoms. The SMILES string of the molecule is CSc1ccc(N(c2ccccc2)c2ccc(N(c3ccccc3)c3ccc(OS(C)(=O)=O)cc3)cc2)cc1. The van der Waals surface area contributed by atoms with E-state index in [1.807, 2.05) is 60.7 Å². The molecule has 5 aromatic rings. The van der Waals surface area contributed by atoms with Crippen molar-refractivity contribution >= 4 is 56.0 Å². The molecule has 7 heteroatoms. The summed E-state index contributed by atoms with van der Waals surface area (Å²) in [5.74, 6) is 0.274. The second kappa shape index (κ2) is 11.7. The molecule has 5 aromatic carbocycles. The summed E-state index contributed by atoms with van der Waals surface area (Å²) in [4.78, 5) is 5.57. The van der Waals surface area contributed by atoms with Crippen LogP contribution in [0.5, 0.6) is 5.75 Å². The molecule has 0 N–H and O–H groups in total. The summed E-state index contributed by atoms with van der Waals surface area (Å²) in [6, 6.07) is 44.4. The van der Waals surface area contributed by atoms with Crippen molar-refractivity contribution in [3.05, 3.63) is 133 Å². The molecular weight excluding hydrogens is 524 g/mol. The zero-order valence-corrected chi connectivity index (χ0v) is 23.3. The molecule has 0 aromatic heterocycles. The third-order valence-corrected chi connectivity index (χ3v) is 7.31. The fraction of sp³-hybridized carbons (Fsp3) is 0.0625. The predicted octanol–water partition coefficient (Wildman–Crippen LogP) is 8.69. The van der Waals surface area contributed by atoms with E-state index in [2.05, 4.69) is 76.7 Å². The minimum atomic E-state index is -3.60. The molecule has 39 heavy (non-hydrogen) atoms. The molecule has 0 unspecified atom stereocenters. The van der Waals surface area contributed by atoms with Crippen molar-refractivity contribution in [2.24, 2.45) is 0 Å². The number of benzene rings is 5. The Hall–Kier alpha value is -4.20. The smallest absolute Gasteiger partial charge is 0.306 e. The van der Waals surface area contributed by atoms with Gasteiger partial charge in [0, 0.05) is 39.0 Å². The van der Waals surface area contributed by atoms with E-state index in [0.29, 0.717) is 0 Å². The maximum atomic E-state index is 11.5. The molecule has 0 radical (unpaired) electrons. The van der Waals surface area contributed by atoms with Crippen molar-refractivity contribution in [3.8, 4) is 5.75 Å². The summed E-state index contributed by atoms with van der Waals surface area (Å²) in [5, 5.41) is 0. The van der Waals surface area contributed by atoms with Crippen molar-refractivity contribution in [1.29, 1.82) is 0 Å². The highest BCUT2D eigenvalue weighted by molar-refractivity contribution is 7.98. The molecule has 0 aliphatic rings. The Labute approximate surface area is 234 Å². The molecule has 196 valence electrons. The summed E-state index contributed by atoms with van der Waals surface area (Å²) in [7, 11) is -3.60. The average molecular weight is 553 g/mol. The van der Waals surface area contributed by atoms with Crippen molar-refractivity contribution in [3.63, 3.8) is 0 Å². The van der Waals surface area contributed by atoms with Gasteiger partial charge in [0.05, 0.1) is 6.26 Å². The first kappa shape index (κ1) is 26.4. The van der Waals surface area contributed by atoms with Gasteiger partial charge in [-0.25, -0.2) is 0 Å². The van der Waals surface area contributed by atoms with Crippen LogP contribution in [-0.4, -0.2) is 20.9 Å². The van der Waals surface area contributed by atoms with Gasteiger partial charge in [-0.1, -0.05) is 36.4 Å². The van der Waals surface area contributed by atoms with Crippen LogP contribution >= 0.6 is 11.8 Å². The second-order valence-corrected chi connectivity index (χ2v) is 11.3. The summed E-state index contributed by atoms with van der Waals surface area (Å²) in [5.41, 5.74) is 6.01. The molecular formula is C32H28N2O3S2. The number of anilines is 6. The number of nitrogens with zero attached hydrogens (tertiary/aromatic N) is 2. The first-order valence-corrected chi connectivity index (χ1v) is 15.4. The largest absolute Gasteiger partial charge is 0.383 e. The quantitative estimate of drug-likeness (QED) is 0.135. The van der Waals surface area contributed by atoms with Gasteiger partial charge in [0.2, 0.25) is 0 Å². The standard InChI is InChI=1S/C32H28N2O3S2/c1-38-32-23-19-30(20-24-32)34(26-11-7-4-8-12-26)28-15-13-27(14-16-28)33(25-9-5-3-6-10-25)29-17-21-31(22-18-29)37-39(2,35)36/h3-24H,1-2H3. The second-order valence-electron chi connectivity index (χ2n) is 8.84. The maximum absolute atomic E-state index is 11.5. The van der Waals surface area contributed by atoms with E-state index in [1.165, 1.54) is 4.90 Å². The van der Waals surface area contributed by atoms with Crippen LogP contribution in [0, 0.1) is 0 Å². The van der Waals surface area contributed by atoms with Gasteiger partial charge in [-0.05, 0) is 103 Å². The van der Waals surface area contributed by atoms with Crippen LogP contribution in [0.4, 0.5) is 34.1 Å². The minimum Gasteiger partial charge on any atom is -0.383 e. The molecule has 0 atom stereocenters. The zero-order valence-electron chi connectivity index (χ0n) is 21.6. The van der Waals surface area contributed by atoms with E-state index >= 15 is 0 Å². The van der Waals surface area contributed by atoms with Gasteiger partial charge < -0.3 is 14.0 Å². The molecule has 0 saturated heterocycles. The number of rotatable bonds is 9. The highest BCUT2D eigenvalue weighted by Gasteiger charge is 2.16. The van der Waals surface area contributed by atoms with E-state index in [9.17, 15) is 8.42 Å². The molecule has 0 heterocycles. The highest BCUT2D eigenvalue weighted by atomic mass is 32.2. The van der Waals surface area contributed by atoms with E-state index < -0.39 is 10.1 Å². The van der Waals surface area contributed by atoms with Gasteiger partial charge in [0.25, 0.3) is 0 Å². The Balaban J connectivity index is 1.53. The van der Waals surface area contributed by atoms with Crippen LogP contribution in [0.25, 0.3) is 0 Å². The molecule has 5 nitrogen and oxygen atoms in total. The summed E-state index contributed by atoms with van der Waals surface area (Å²) in [6.45, 7) is 0. The van der Waals surface area contributed by atoms with E-state index in [-0.39, 0.29) is 5.75 Å².